The van der Waals surface area contributed by atoms with Crippen LogP contribution in [0.25, 0.3) is 22.2 Å². The standard InChI is InChI=1S/C27H30FN7O/c1-6-26(36)30-23-16-22(20(28)15-25(23)34(4)14-13-33(2)3)32-27-29-12-11-21(31-27)19-17-35(5)24-10-8-7-9-18(19)24/h6-12,15-17H,1,13-14H2,2-5H3,(H,30,36)(H,29,31,32). The van der Waals surface area contributed by atoms with E-state index in [1.54, 1.807) is 12.3 Å². The summed E-state index contributed by atoms with van der Waals surface area (Å²) in [5.74, 6) is -0.629. The van der Waals surface area contributed by atoms with Gasteiger partial charge in [0.1, 0.15) is 5.82 Å². The van der Waals surface area contributed by atoms with Crippen molar-refractivity contribution in [3.05, 3.63) is 73.3 Å². The molecule has 0 spiro atoms. The molecular weight excluding hydrogens is 457 g/mol. The van der Waals surface area contributed by atoms with Crippen molar-refractivity contribution in [2.24, 2.45) is 7.05 Å². The predicted molar refractivity (Wildman–Crippen MR) is 144 cm³/mol. The summed E-state index contributed by atoms with van der Waals surface area (Å²) in [6.45, 7) is 4.93. The molecule has 0 saturated heterocycles. The Morgan fingerprint density at radius 2 is 1.92 bits per heavy atom. The van der Waals surface area contributed by atoms with E-state index >= 15 is 4.39 Å². The van der Waals surface area contributed by atoms with E-state index in [1.165, 1.54) is 12.1 Å². The van der Waals surface area contributed by atoms with Gasteiger partial charge < -0.3 is 25.0 Å². The summed E-state index contributed by atoms with van der Waals surface area (Å²) < 4.78 is 17.3. The molecule has 0 radical (unpaired) electrons. The number of hydrogen-bond donors (Lipinski definition) is 2. The number of fused-ring (bicyclic) bond motifs is 1. The summed E-state index contributed by atoms with van der Waals surface area (Å²) in [5.41, 5.74) is 3.91. The normalized spacial score (nSPS) is 11.1. The number of benzene rings is 2. The molecule has 2 aromatic carbocycles. The zero-order valence-electron chi connectivity index (χ0n) is 20.9. The number of carbonyl (C=O) groups is 1. The summed E-state index contributed by atoms with van der Waals surface area (Å²) in [7, 11) is 7.77. The lowest BCUT2D eigenvalue weighted by Crippen LogP contribution is -2.29. The lowest BCUT2D eigenvalue weighted by atomic mass is 10.1. The maximum atomic E-state index is 15.2. The van der Waals surface area contributed by atoms with Crippen LogP contribution in [0.15, 0.2) is 67.5 Å². The number of aryl methyl sites for hydroxylation is 1. The Labute approximate surface area is 210 Å². The van der Waals surface area contributed by atoms with Crippen LogP contribution in [0.4, 0.5) is 27.4 Å². The number of amides is 1. The summed E-state index contributed by atoms with van der Waals surface area (Å²) >= 11 is 0. The number of carbonyl (C=O) groups excluding carboxylic acids is 1. The molecule has 0 unspecified atom stereocenters. The third-order valence-corrected chi connectivity index (χ3v) is 5.90. The molecule has 2 heterocycles. The maximum Gasteiger partial charge on any atom is 0.247 e. The van der Waals surface area contributed by atoms with Gasteiger partial charge in [0.25, 0.3) is 0 Å². The van der Waals surface area contributed by atoms with E-state index < -0.39 is 5.82 Å². The molecule has 0 aliphatic carbocycles. The number of nitrogens with zero attached hydrogens (tertiary/aromatic N) is 5. The third-order valence-electron chi connectivity index (χ3n) is 5.90. The summed E-state index contributed by atoms with van der Waals surface area (Å²) in [4.78, 5) is 24.9. The van der Waals surface area contributed by atoms with E-state index in [-0.39, 0.29) is 17.5 Å². The van der Waals surface area contributed by atoms with Gasteiger partial charge in [-0.2, -0.15) is 0 Å². The smallest absolute Gasteiger partial charge is 0.247 e. The highest BCUT2D eigenvalue weighted by molar-refractivity contribution is 6.02. The quantitative estimate of drug-likeness (QED) is 0.335. The van der Waals surface area contributed by atoms with Crippen molar-refractivity contribution in [2.45, 2.75) is 0 Å². The lowest BCUT2D eigenvalue weighted by Gasteiger charge is -2.25. The Balaban J connectivity index is 1.67. The molecule has 0 atom stereocenters. The molecule has 2 N–H and O–H groups in total. The van der Waals surface area contributed by atoms with Crippen molar-refractivity contribution >= 4 is 39.8 Å². The highest BCUT2D eigenvalue weighted by atomic mass is 19.1. The Kier molecular flexibility index (Phi) is 7.30. The van der Waals surface area contributed by atoms with Gasteiger partial charge in [-0.1, -0.05) is 24.8 Å². The number of anilines is 4. The monoisotopic (exact) mass is 487 g/mol. The zero-order valence-corrected chi connectivity index (χ0v) is 20.9. The number of para-hydroxylation sites is 1. The fraction of sp³-hybridized carbons (Fsp3) is 0.222. The van der Waals surface area contributed by atoms with Gasteiger partial charge in [0.05, 0.1) is 22.8 Å². The van der Waals surface area contributed by atoms with Crippen molar-refractivity contribution in [3.8, 4) is 11.3 Å². The van der Waals surface area contributed by atoms with Gasteiger partial charge in [-0.15, -0.1) is 0 Å². The SMILES string of the molecule is C=CC(=O)Nc1cc(Nc2nccc(-c3cn(C)c4ccccc34)n2)c(F)cc1N(C)CCN(C)C. The van der Waals surface area contributed by atoms with Crippen LogP contribution in [-0.4, -0.2) is 59.6 Å². The highest BCUT2D eigenvalue weighted by Crippen LogP contribution is 2.33. The van der Waals surface area contributed by atoms with E-state index in [4.69, 9.17) is 0 Å². The first-order valence-electron chi connectivity index (χ1n) is 11.5. The minimum absolute atomic E-state index is 0.147. The molecule has 4 rings (SSSR count). The molecule has 0 aliphatic heterocycles. The van der Waals surface area contributed by atoms with Gasteiger partial charge in [-0.25, -0.2) is 14.4 Å². The number of likely N-dealkylation sites (N-methyl/N-ethyl adjacent to an activating group) is 2. The zero-order chi connectivity index (χ0) is 25.8. The van der Waals surface area contributed by atoms with Gasteiger partial charge in [0, 0.05) is 62.1 Å². The number of aromatic nitrogens is 3. The Morgan fingerprint density at radius 1 is 1.14 bits per heavy atom. The average molecular weight is 488 g/mol. The molecule has 0 bridgehead atoms. The molecule has 1 amide bonds. The minimum atomic E-state index is -0.488. The second-order valence-corrected chi connectivity index (χ2v) is 8.83. The summed E-state index contributed by atoms with van der Waals surface area (Å²) in [6.07, 6.45) is 4.82. The number of rotatable bonds is 9. The van der Waals surface area contributed by atoms with Crippen molar-refractivity contribution in [3.63, 3.8) is 0 Å². The van der Waals surface area contributed by atoms with E-state index in [0.717, 1.165) is 23.0 Å². The van der Waals surface area contributed by atoms with Crippen LogP contribution in [-0.2, 0) is 11.8 Å². The van der Waals surface area contributed by atoms with E-state index in [9.17, 15) is 4.79 Å². The van der Waals surface area contributed by atoms with E-state index in [1.807, 2.05) is 79.1 Å². The van der Waals surface area contributed by atoms with Crippen molar-refractivity contribution in [2.75, 3.05) is 49.8 Å². The lowest BCUT2D eigenvalue weighted by molar-refractivity contribution is -0.111. The molecule has 8 nitrogen and oxygen atoms in total. The molecule has 0 aliphatic rings. The largest absolute Gasteiger partial charge is 0.372 e. The summed E-state index contributed by atoms with van der Waals surface area (Å²) in [6, 6.07) is 12.8. The van der Waals surface area contributed by atoms with Crippen molar-refractivity contribution in [1.29, 1.82) is 0 Å². The van der Waals surface area contributed by atoms with Crippen LogP contribution in [0.3, 0.4) is 0 Å². The van der Waals surface area contributed by atoms with E-state index in [2.05, 4.69) is 27.2 Å². The van der Waals surface area contributed by atoms with Crippen LogP contribution < -0.4 is 15.5 Å². The van der Waals surface area contributed by atoms with Crippen LogP contribution in [0.2, 0.25) is 0 Å². The molecule has 0 saturated carbocycles. The highest BCUT2D eigenvalue weighted by Gasteiger charge is 2.17. The first-order chi connectivity index (χ1) is 17.3. The molecule has 2 aromatic heterocycles. The summed E-state index contributed by atoms with van der Waals surface area (Å²) in [5, 5.41) is 6.82. The fourth-order valence-electron chi connectivity index (χ4n) is 3.96. The Bertz CT molecular complexity index is 1410. The first-order valence-corrected chi connectivity index (χ1v) is 11.5. The Morgan fingerprint density at radius 3 is 2.67 bits per heavy atom. The second-order valence-electron chi connectivity index (χ2n) is 8.83. The average Bonchev–Trinajstić information content (AvgIpc) is 3.21. The number of halogens is 1. The molecular formula is C27H30FN7O. The Hall–Kier alpha value is -4.24. The van der Waals surface area contributed by atoms with Gasteiger partial charge in [0.2, 0.25) is 11.9 Å². The van der Waals surface area contributed by atoms with Crippen molar-refractivity contribution in [1.82, 2.24) is 19.4 Å². The van der Waals surface area contributed by atoms with Gasteiger partial charge >= 0.3 is 0 Å². The van der Waals surface area contributed by atoms with Gasteiger partial charge in [0.15, 0.2) is 0 Å². The number of hydrogen-bond acceptors (Lipinski definition) is 6. The fourth-order valence-corrected chi connectivity index (χ4v) is 3.96. The molecule has 186 valence electrons. The molecule has 9 heteroatoms. The topological polar surface area (TPSA) is 78.3 Å². The van der Waals surface area contributed by atoms with Gasteiger partial charge in [-0.05, 0) is 38.4 Å². The predicted octanol–water partition coefficient (Wildman–Crippen LogP) is 4.64. The second kappa shape index (κ2) is 10.6. The maximum absolute atomic E-state index is 15.2. The third kappa shape index (κ3) is 5.36. The van der Waals surface area contributed by atoms with Crippen molar-refractivity contribution < 1.29 is 9.18 Å². The van der Waals surface area contributed by atoms with Gasteiger partial charge in [-0.3, -0.25) is 4.79 Å². The van der Waals surface area contributed by atoms with E-state index in [0.29, 0.717) is 23.6 Å². The van der Waals surface area contributed by atoms with Crippen LogP contribution >= 0.6 is 0 Å². The molecule has 0 fully saturated rings. The number of nitrogens with one attached hydrogen (secondary N) is 2. The molecule has 36 heavy (non-hydrogen) atoms. The molecule has 4 aromatic rings. The first kappa shape index (κ1) is 24.9. The minimum Gasteiger partial charge on any atom is -0.372 e. The van der Waals surface area contributed by atoms with Crippen LogP contribution in [0.1, 0.15) is 0 Å². The van der Waals surface area contributed by atoms with Crippen LogP contribution in [0, 0.1) is 5.82 Å². The van der Waals surface area contributed by atoms with Crippen LogP contribution in [0.5, 0.6) is 0 Å².